The van der Waals surface area contributed by atoms with Gasteiger partial charge < -0.3 is 26.6 Å². The first-order valence-electron chi connectivity index (χ1n) is 11.7. The second kappa shape index (κ2) is 15.5. The number of carbonyl (C=O) groups excluding carboxylic acids is 3. The third kappa shape index (κ3) is 11.2. The van der Waals surface area contributed by atoms with Crippen LogP contribution < -0.4 is 21.5 Å². The maximum atomic E-state index is 12.3. The van der Waals surface area contributed by atoms with Crippen molar-refractivity contribution in [2.45, 2.75) is 52.5 Å². The van der Waals surface area contributed by atoms with E-state index < -0.39 is 29.8 Å². The number of benzene rings is 2. The Bertz CT molecular complexity index is 1120. The fourth-order valence-corrected chi connectivity index (χ4v) is 2.72. The smallest absolute Gasteiger partial charge is 0.343 e. The number of primary amides is 1. The number of nitrogens with two attached hydrogens (primary N) is 2. The van der Waals surface area contributed by atoms with Gasteiger partial charge in [0.1, 0.15) is 17.6 Å². The number of aliphatic carboxylic acids is 1. The van der Waals surface area contributed by atoms with Gasteiger partial charge >= 0.3 is 11.9 Å². The number of hydrogen-bond acceptors (Lipinski definition) is 6. The SMILES string of the molecule is C/C(=C\c1ccc(C(=O)Oc2ccc(C(=N)N)cc2)cc1)C(=O)N[C@@H](CCC(N)=O)C(=O)O.CCCC. The maximum Gasteiger partial charge on any atom is 0.343 e. The number of nitrogens with one attached hydrogen (secondary N) is 2. The number of ether oxygens (including phenoxy) is 1. The van der Waals surface area contributed by atoms with Crippen LogP contribution in [0.3, 0.4) is 0 Å². The summed E-state index contributed by atoms with van der Waals surface area (Å²) in [5.74, 6) is -2.92. The molecule has 0 aliphatic heterocycles. The first-order valence-corrected chi connectivity index (χ1v) is 11.7. The fourth-order valence-electron chi connectivity index (χ4n) is 2.72. The minimum absolute atomic E-state index is 0.0929. The molecule has 0 spiro atoms. The standard InChI is InChI=1S/C23H24N4O6.C4H10/c1-13(21(29)27-18(22(30)31)10-11-19(24)28)12-14-2-4-16(5-3-14)23(32)33-17-8-6-15(7-9-17)20(25)26;1-3-4-2/h2-9,12,18H,10-11H2,1H3,(H2,24,28)(H3,25,26)(H,27,29)(H,30,31);3-4H2,1-2H3/b13-12+;/t18-;/m0./s1. The molecular weight excluding hydrogens is 476 g/mol. The van der Waals surface area contributed by atoms with E-state index >= 15 is 0 Å². The Hall–Kier alpha value is -4.47. The molecule has 2 amide bonds. The Morgan fingerprint density at radius 3 is 1.97 bits per heavy atom. The van der Waals surface area contributed by atoms with Crippen molar-refractivity contribution < 1.29 is 29.0 Å². The number of nitrogen functional groups attached to an aromatic ring is 1. The molecule has 37 heavy (non-hydrogen) atoms. The summed E-state index contributed by atoms with van der Waals surface area (Å²) in [7, 11) is 0. The molecule has 0 aliphatic carbocycles. The highest BCUT2D eigenvalue weighted by Gasteiger charge is 2.21. The molecule has 0 aliphatic rings. The highest BCUT2D eigenvalue weighted by molar-refractivity contribution is 5.99. The van der Waals surface area contributed by atoms with Gasteiger partial charge in [-0.05, 0) is 61.4 Å². The monoisotopic (exact) mass is 510 g/mol. The molecular formula is C27H34N4O6. The quantitative estimate of drug-likeness (QED) is 0.101. The maximum absolute atomic E-state index is 12.3. The number of hydrogen-bond donors (Lipinski definition) is 5. The van der Waals surface area contributed by atoms with Crippen LogP contribution in [0, 0.1) is 5.41 Å². The van der Waals surface area contributed by atoms with Crippen LogP contribution >= 0.6 is 0 Å². The van der Waals surface area contributed by atoms with E-state index in [0.29, 0.717) is 16.9 Å². The van der Waals surface area contributed by atoms with Gasteiger partial charge in [-0.1, -0.05) is 38.8 Å². The molecule has 2 rings (SSSR count). The van der Waals surface area contributed by atoms with Crippen molar-refractivity contribution in [1.29, 1.82) is 5.41 Å². The molecule has 0 aromatic heterocycles. The molecule has 0 unspecified atom stereocenters. The van der Waals surface area contributed by atoms with Crippen LogP contribution in [0.25, 0.3) is 6.08 Å². The second-order valence-electron chi connectivity index (χ2n) is 8.15. The van der Waals surface area contributed by atoms with E-state index in [9.17, 15) is 24.3 Å². The van der Waals surface area contributed by atoms with Crippen LogP contribution in [0.1, 0.15) is 67.9 Å². The number of amidine groups is 1. The summed E-state index contributed by atoms with van der Waals surface area (Å²) in [6, 6.07) is 11.2. The molecule has 198 valence electrons. The fraction of sp³-hybridized carbons (Fsp3) is 0.296. The summed E-state index contributed by atoms with van der Waals surface area (Å²) in [4.78, 5) is 46.7. The van der Waals surface area contributed by atoms with Gasteiger partial charge in [0, 0.05) is 17.6 Å². The van der Waals surface area contributed by atoms with Crippen molar-refractivity contribution in [3.05, 3.63) is 70.8 Å². The highest BCUT2D eigenvalue weighted by Crippen LogP contribution is 2.16. The summed E-state index contributed by atoms with van der Waals surface area (Å²) >= 11 is 0. The summed E-state index contributed by atoms with van der Waals surface area (Å²) < 4.78 is 5.28. The second-order valence-corrected chi connectivity index (χ2v) is 8.15. The Labute approximate surface area is 216 Å². The molecule has 2 aromatic carbocycles. The predicted molar refractivity (Wildman–Crippen MR) is 141 cm³/mol. The zero-order valence-corrected chi connectivity index (χ0v) is 21.2. The third-order valence-corrected chi connectivity index (χ3v) is 5.05. The summed E-state index contributed by atoms with van der Waals surface area (Å²) in [6.45, 7) is 5.87. The zero-order valence-electron chi connectivity index (χ0n) is 21.2. The van der Waals surface area contributed by atoms with Gasteiger partial charge in [0.15, 0.2) is 0 Å². The zero-order chi connectivity index (χ0) is 28.0. The van der Waals surface area contributed by atoms with Gasteiger partial charge in [-0.15, -0.1) is 0 Å². The van der Waals surface area contributed by atoms with Crippen LogP contribution in [0.5, 0.6) is 5.75 Å². The number of carboxylic acid groups (broad SMARTS) is 1. The summed E-state index contributed by atoms with van der Waals surface area (Å²) in [5, 5.41) is 18.9. The van der Waals surface area contributed by atoms with E-state index in [1.807, 2.05) is 0 Å². The van der Waals surface area contributed by atoms with E-state index in [0.717, 1.165) is 0 Å². The van der Waals surface area contributed by atoms with E-state index in [1.54, 1.807) is 24.3 Å². The van der Waals surface area contributed by atoms with Gasteiger partial charge in [0.2, 0.25) is 11.8 Å². The topological polar surface area (TPSA) is 186 Å². The molecule has 0 saturated carbocycles. The largest absolute Gasteiger partial charge is 0.480 e. The number of carbonyl (C=O) groups is 4. The molecule has 0 radical (unpaired) electrons. The van der Waals surface area contributed by atoms with Gasteiger partial charge in [0.25, 0.3) is 0 Å². The molecule has 1 atom stereocenters. The molecule has 10 nitrogen and oxygen atoms in total. The lowest BCUT2D eigenvalue weighted by atomic mass is 10.1. The van der Waals surface area contributed by atoms with Crippen LogP contribution in [0.15, 0.2) is 54.1 Å². The molecule has 0 bridgehead atoms. The number of carboxylic acids is 1. The average Bonchev–Trinajstić information content (AvgIpc) is 2.86. The predicted octanol–water partition coefficient (Wildman–Crippen LogP) is 3.23. The Kier molecular flexibility index (Phi) is 12.8. The first kappa shape index (κ1) is 30.6. The van der Waals surface area contributed by atoms with Crippen molar-refractivity contribution in [1.82, 2.24) is 5.32 Å². The minimum Gasteiger partial charge on any atom is -0.480 e. The summed E-state index contributed by atoms with van der Waals surface area (Å²) in [5.41, 5.74) is 12.0. The van der Waals surface area contributed by atoms with Crippen LogP contribution in [-0.4, -0.2) is 40.7 Å². The Morgan fingerprint density at radius 1 is 0.973 bits per heavy atom. The van der Waals surface area contributed by atoms with Crippen LogP contribution in [0.4, 0.5) is 0 Å². The number of amides is 2. The lowest BCUT2D eigenvalue weighted by Crippen LogP contribution is -2.41. The van der Waals surface area contributed by atoms with Gasteiger partial charge in [-0.25, -0.2) is 9.59 Å². The van der Waals surface area contributed by atoms with Crippen molar-refractivity contribution in [2.75, 3.05) is 0 Å². The summed E-state index contributed by atoms with van der Waals surface area (Å²) in [6.07, 6.45) is 3.88. The normalized spacial score (nSPS) is 11.4. The van der Waals surface area contributed by atoms with E-state index in [2.05, 4.69) is 19.2 Å². The minimum atomic E-state index is -1.27. The van der Waals surface area contributed by atoms with Crippen molar-refractivity contribution in [3.63, 3.8) is 0 Å². The number of unbranched alkanes of at least 4 members (excludes halogenated alkanes) is 1. The lowest BCUT2D eigenvalue weighted by Gasteiger charge is -2.14. The average molecular weight is 511 g/mol. The van der Waals surface area contributed by atoms with Gasteiger partial charge in [-0.2, -0.15) is 0 Å². The van der Waals surface area contributed by atoms with E-state index in [1.165, 1.54) is 50.1 Å². The number of esters is 1. The van der Waals surface area contributed by atoms with E-state index in [-0.39, 0.29) is 29.8 Å². The Morgan fingerprint density at radius 2 is 1.51 bits per heavy atom. The number of rotatable bonds is 11. The van der Waals surface area contributed by atoms with Crippen molar-refractivity contribution in [3.8, 4) is 5.75 Å². The molecule has 10 heteroatoms. The van der Waals surface area contributed by atoms with Crippen molar-refractivity contribution >= 4 is 35.7 Å². The first-order chi connectivity index (χ1) is 17.5. The molecule has 2 aromatic rings. The molecule has 0 fully saturated rings. The van der Waals surface area contributed by atoms with Gasteiger partial charge in [0.05, 0.1) is 5.56 Å². The highest BCUT2D eigenvalue weighted by atomic mass is 16.5. The van der Waals surface area contributed by atoms with Crippen molar-refractivity contribution in [2.24, 2.45) is 11.5 Å². The van der Waals surface area contributed by atoms with Crippen LogP contribution in [0.2, 0.25) is 0 Å². The van der Waals surface area contributed by atoms with E-state index in [4.69, 9.17) is 21.6 Å². The molecule has 0 heterocycles. The third-order valence-electron chi connectivity index (χ3n) is 5.05. The molecule has 0 saturated heterocycles. The lowest BCUT2D eigenvalue weighted by molar-refractivity contribution is -0.141. The van der Waals surface area contributed by atoms with Crippen LogP contribution in [-0.2, 0) is 14.4 Å². The molecule has 7 N–H and O–H groups in total. The Balaban J connectivity index is 0.00000159. The van der Waals surface area contributed by atoms with Gasteiger partial charge in [-0.3, -0.25) is 15.0 Å².